The Morgan fingerprint density at radius 3 is 2.95 bits per heavy atom. The lowest BCUT2D eigenvalue weighted by atomic mass is 10.0. The van der Waals surface area contributed by atoms with Crippen molar-refractivity contribution in [2.24, 2.45) is 0 Å². The Morgan fingerprint density at radius 1 is 1.37 bits per heavy atom. The lowest BCUT2D eigenvalue weighted by molar-refractivity contribution is 0.0943. The zero-order chi connectivity index (χ0) is 13.7. The third kappa shape index (κ3) is 4.25. The quantitative estimate of drug-likeness (QED) is 0.860. The van der Waals surface area contributed by atoms with E-state index in [9.17, 15) is 13.9 Å². The fourth-order valence-electron chi connectivity index (χ4n) is 2.52. The Bertz CT molecular complexity index is 403. The number of hydrogen-bond donors (Lipinski definition) is 1. The maximum Gasteiger partial charge on any atom is 0.162 e. The van der Waals surface area contributed by atoms with Gasteiger partial charge in [0.25, 0.3) is 0 Å². The zero-order valence-corrected chi connectivity index (χ0v) is 10.9. The molecule has 1 aromatic rings. The molecule has 106 valence electrons. The van der Waals surface area contributed by atoms with Crippen LogP contribution < -0.4 is 0 Å². The smallest absolute Gasteiger partial charge is 0.162 e. The molecule has 1 heterocycles. The second kappa shape index (κ2) is 6.96. The van der Waals surface area contributed by atoms with Crippen molar-refractivity contribution in [1.82, 2.24) is 0 Å². The molecule has 1 aromatic carbocycles. The van der Waals surface area contributed by atoms with Gasteiger partial charge in [0.05, 0.1) is 12.2 Å². The summed E-state index contributed by atoms with van der Waals surface area (Å²) in [5.41, 5.74) is 0.240. The van der Waals surface area contributed by atoms with E-state index in [1.807, 2.05) is 0 Å². The second-order valence-electron chi connectivity index (χ2n) is 5.14. The predicted octanol–water partition coefficient (Wildman–Crippen LogP) is 3.22. The molecule has 0 radical (unpaired) electrons. The summed E-state index contributed by atoms with van der Waals surface area (Å²) in [6.07, 6.45) is 4.43. The van der Waals surface area contributed by atoms with Gasteiger partial charge in [-0.2, -0.15) is 0 Å². The van der Waals surface area contributed by atoms with Gasteiger partial charge in [0.2, 0.25) is 0 Å². The molecule has 0 saturated carbocycles. The summed E-state index contributed by atoms with van der Waals surface area (Å²) in [7, 11) is 0. The second-order valence-corrected chi connectivity index (χ2v) is 5.14. The summed E-state index contributed by atoms with van der Waals surface area (Å²) in [5.74, 6) is -1.70. The monoisotopic (exact) mass is 270 g/mol. The van der Waals surface area contributed by atoms with Crippen LogP contribution >= 0.6 is 0 Å². The first-order valence-electron chi connectivity index (χ1n) is 6.89. The first-order chi connectivity index (χ1) is 9.16. The molecule has 2 atom stereocenters. The van der Waals surface area contributed by atoms with Gasteiger partial charge >= 0.3 is 0 Å². The lowest BCUT2D eigenvalue weighted by Gasteiger charge is -2.13. The van der Waals surface area contributed by atoms with Crippen LogP contribution in [0.15, 0.2) is 18.2 Å². The van der Waals surface area contributed by atoms with Crippen LogP contribution in [0.3, 0.4) is 0 Å². The lowest BCUT2D eigenvalue weighted by Crippen LogP contribution is -2.13. The summed E-state index contributed by atoms with van der Waals surface area (Å²) < 4.78 is 31.9. The summed E-state index contributed by atoms with van der Waals surface area (Å²) >= 11 is 0. The highest BCUT2D eigenvalue weighted by Crippen LogP contribution is 2.20. The van der Waals surface area contributed by atoms with E-state index in [2.05, 4.69) is 0 Å². The molecule has 0 bridgehead atoms. The van der Waals surface area contributed by atoms with E-state index >= 15 is 0 Å². The van der Waals surface area contributed by atoms with Crippen molar-refractivity contribution >= 4 is 0 Å². The summed E-state index contributed by atoms with van der Waals surface area (Å²) in [4.78, 5) is 0. The fraction of sp³-hybridized carbons (Fsp3) is 0.600. The molecular weight excluding hydrogens is 250 g/mol. The molecule has 1 fully saturated rings. The van der Waals surface area contributed by atoms with Crippen molar-refractivity contribution in [3.8, 4) is 0 Å². The fourth-order valence-corrected chi connectivity index (χ4v) is 2.52. The molecule has 1 aliphatic heterocycles. The van der Waals surface area contributed by atoms with Crippen molar-refractivity contribution in [3.05, 3.63) is 35.4 Å². The van der Waals surface area contributed by atoms with Gasteiger partial charge in [0.1, 0.15) is 0 Å². The maximum atomic E-state index is 13.4. The highest BCUT2D eigenvalue weighted by atomic mass is 19.2. The molecule has 0 aliphatic carbocycles. The number of rotatable bonds is 6. The Morgan fingerprint density at radius 2 is 2.21 bits per heavy atom. The minimum atomic E-state index is -0.857. The largest absolute Gasteiger partial charge is 0.393 e. The van der Waals surface area contributed by atoms with Gasteiger partial charge in [-0.1, -0.05) is 12.1 Å². The highest BCUT2D eigenvalue weighted by Gasteiger charge is 2.16. The van der Waals surface area contributed by atoms with Crippen molar-refractivity contribution in [1.29, 1.82) is 0 Å². The third-order valence-electron chi connectivity index (χ3n) is 3.57. The maximum absolute atomic E-state index is 13.4. The molecule has 2 unspecified atom stereocenters. The molecule has 19 heavy (non-hydrogen) atoms. The van der Waals surface area contributed by atoms with Gasteiger partial charge in [-0.05, 0) is 43.7 Å². The van der Waals surface area contributed by atoms with Gasteiger partial charge < -0.3 is 9.84 Å². The number of hydrogen-bond acceptors (Lipinski definition) is 2. The van der Waals surface area contributed by atoms with Gasteiger partial charge in [0.15, 0.2) is 11.6 Å². The molecule has 2 rings (SSSR count). The predicted molar refractivity (Wildman–Crippen MR) is 68.9 cm³/mol. The van der Waals surface area contributed by atoms with Crippen molar-refractivity contribution in [3.63, 3.8) is 0 Å². The average Bonchev–Trinajstić information content (AvgIpc) is 2.88. The molecule has 0 amide bonds. The van der Waals surface area contributed by atoms with E-state index in [0.717, 1.165) is 38.4 Å². The third-order valence-corrected chi connectivity index (χ3v) is 3.57. The van der Waals surface area contributed by atoms with Crippen LogP contribution in [0.2, 0.25) is 0 Å². The van der Waals surface area contributed by atoms with Crippen LogP contribution in [-0.4, -0.2) is 23.9 Å². The van der Waals surface area contributed by atoms with Crippen LogP contribution in [0.25, 0.3) is 0 Å². The van der Waals surface area contributed by atoms with Crippen LogP contribution in [0.4, 0.5) is 8.78 Å². The summed E-state index contributed by atoms with van der Waals surface area (Å²) in [6, 6.07) is 4.07. The van der Waals surface area contributed by atoms with Crippen LogP contribution in [0.5, 0.6) is 0 Å². The standard InChI is InChI=1S/C15H20F2O2/c16-14-8-1-4-11(15(14)17)10-12(18)5-2-6-13-7-3-9-19-13/h1,4,8,12-13,18H,2-3,5-7,9-10H2. The van der Waals surface area contributed by atoms with Gasteiger partial charge in [-0.25, -0.2) is 8.78 Å². The van der Waals surface area contributed by atoms with Gasteiger partial charge in [-0.15, -0.1) is 0 Å². The van der Waals surface area contributed by atoms with Crippen molar-refractivity contribution < 1.29 is 18.6 Å². The topological polar surface area (TPSA) is 29.5 Å². The van der Waals surface area contributed by atoms with E-state index in [1.54, 1.807) is 0 Å². The van der Waals surface area contributed by atoms with Crippen LogP contribution in [0.1, 0.15) is 37.7 Å². The van der Waals surface area contributed by atoms with Crippen LogP contribution in [-0.2, 0) is 11.2 Å². The van der Waals surface area contributed by atoms with Crippen molar-refractivity contribution in [2.75, 3.05) is 6.61 Å². The van der Waals surface area contributed by atoms with E-state index < -0.39 is 17.7 Å². The molecule has 1 N–H and O–H groups in total. The first kappa shape index (κ1) is 14.4. The molecule has 0 spiro atoms. The van der Waals surface area contributed by atoms with E-state index in [0.29, 0.717) is 12.5 Å². The molecule has 4 heteroatoms. The number of ether oxygens (including phenoxy) is 1. The molecule has 1 saturated heterocycles. The summed E-state index contributed by atoms with van der Waals surface area (Å²) in [5, 5.41) is 9.86. The SMILES string of the molecule is OC(CCCC1CCCO1)Cc1cccc(F)c1F. The number of aliphatic hydroxyl groups excluding tert-OH is 1. The van der Waals surface area contributed by atoms with Gasteiger partial charge in [-0.3, -0.25) is 0 Å². The van der Waals surface area contributed by atoms with Crippen LogP contribution in [0, 0.1) is 11.6 Å². The van der Waals surface area contributed by atoms with E-state index in [1.165, 1.54) is 12.1 Å². The Balaban J connectivity index is 1.74. The minimum Gasteiger partial charge on any atom is -0.393 e. The van der Waals surface area contributed by atoms with E-state index in [4.69, 9.17) is 4.74 Å². The molecule has 0 aromatic heterocycles. The normalized spacial score (nSPS) is 20.7. The Kier molecular flexibility index (Phi) is 5.28. The molecule has 2 nitrogen and oxygen atoms in total. The number of aliphatic hydroxyl groups is 1. The number of halogens is 2. The Labute approximate surface area is 112 Å². The number of benzene rings is 1. The molecular formula is C15H20F2O2. The Hall–Kier alpha value is -1.00. The van der Waals surface area contributed by atoms with Gasteiger partial charge in [0, 0.05) is 13.0 Å². The average molecular weight is 270 g/mol. The zero-order valence-electron chi connectivity index (χ0n) is 10.9. The van der Waals surface area contributed by atoms with E-state index in [-0.39, 0.29) is 12.0 Å². The van der Waals surface area contributed by atoms with Crippen molar-refractivity contribution in [2.45, 2.75) is 50.7 Å². The highest BCUT2D eigenvalue weighted by molar-refractivity contribution is 5.19. The summed E-state index contributed by atoms with van der Waals surface area (Å²) in [6.45, 7) is 0.835. The first-order valence-corrected chi connectivity index (χ1v) is 6.89. The minimum absolute atomic E-state index is 0.162. The molecule has 1 aliphatic rings.